The number of halogens is 1. The smallest absolute Gasteiger partial charge is 0.190 e. The minimum atomic E-state index is 0.298. The maximum atomic E-state index is 6.15. The lowest BCUT2D eigenvalue weighted by molar-refractivity contribution is 0.0795. The first-order chi connectivity index (χ1) is 11.3. The summed E-state index contributed by atoms with van der Waals surface area (Å²) >= 11 is 7.88. The van der Waals surface area contributed by atoms with E-state index in [2.05, 4.69) is 15.3 Å². The summed E-state index contributed by atoms with van der Waals surface area (Å²) in [5.41, 5.74) is 4.03. The summed E-state index contributed by atoms with van der Waals surface area (Å²) in [6.45, 7) is 2.71. The molecular formula is C17H18ClN3OS. The first-order valence-electron chi connectivity index (χ1n) is 8.22. The van der Waals surface area contributed by atoms with Crippen LogP contribution >= 0.6 is 22.9 Å². The Morgan fingerprint density at radius 3 is 3.09 bits per heavy atom. The van der Waals surface area contributed by atoms with Gasteiger partial charge in [-0.2, -0.15) is 0 Å². The van der Waals surface area contributed by atoms with E-state index in [-0.39, 0.29) is 0 Å². The average Bonchev–Trinajstić information content (AvgIpc) is 3.06. The van der Waals surface area contributed by atoms with E-state index < -0.39 is 0 Å². The normalized spacial score (nSPS) is 24.9. The average molecular weight is 348 g/mol. The van der Waals surface area contributed by atoms with Crippen LogP contribution in [0.4, 0.5) is 10.8 Å². The summed E-state index contributed by atoms with van der Waals surface area (Å²) < 4.78 is 5.61. The third-order valence-corrected chi connectivity index (χ3v) is 6.43. The highest BCUT2D eigenvalue weighted by Crippen LogP contribution is 2.58. The number of pyridine rings is 1. The van der Waals surface area contributed by atoms with Crippen LogP contribution in [-0.2, 0) is 10.2 Å². The van der Waals surface area contributed by atoms with Crippen LogP contribution in [0.5, 0.6) is 0 Å². The quantitative estimate of drug-likeness (QED) is 0.760. The molecule has 1 unspecified atom stereocenters. The van der Waals surface area contributed by atoms with Crippen molar-refractivity contribution in [1.29, 1.82) is 0 Å². The van der Waals surface area contributed by atoms with E-state index in [1.54, 1.807) is 11.3 Å². The van der Waals surface area contributed by atoms with Gasteiger partial charge in [-0.3, -0.25) is 0 Å². The molecule has 1 atom stereocenters. The van der Waals surface area contributed by atoms with Gasteiger partial charge in [0.15, 0.2) is 5.13 Å². The van der Waals surface area contributed by atoms with Gasteiger partial charge in [0.05, 0.1) is 18.0 Å². The highest BCUT2D eigenvalue weighted by Gasteiger charge is 2.52. The predicted molar refractivity (Wildman–Crippen MR) is 92.1 cm³/mol. The minimum Gasteiger partial charge on any atom is -0.381 e. The van der Waals surface area contributed by atoms with Gasteiger partial charge in [-0.25, -0.2) is 9.97 Å². The van der Waals surface area contributed by atoms with Gasteiger partial charge in [-0.1, -0.05) is 11.6 Å². The summed E-state index contributed by atoms with van der Waals surface area (Å²) in [6.07, 6.45) is 6.77. The molecule has 0 N–H and O–H groups in total. The molecular weight excluding hydrogens is 330 g/mol. The van der Waals surface area contributed by atoms with E-state index in [1.165, 1.54) is 36.2 Å². The molecule has 4 nitrogen and oxygen atoms in total. The Labute approximate surface area is 144 Å². The molecule has 1 saturated carbocycles. The Balaban J connectivity index is 1.49. The molecule has 0 amide bonds. The molecule has 5 rings (SSSR count). The van der Waals surface area contributed by atoms with Crippen LogP contribution in [0.2, 0.25) is 5.15 Å². The lowest BCUT2D eigenvalue weighted by atomic mass is 10.00. The van der Waals surface area contributed by atoms with Crippen LogP contribution in [0.15, 0.2) is 17.6 Å². The number of nitrogens with zero attached hydrogens (tertiary/aromatic N) is 3. The van der Waals surface area contributed by atoms with E-state index >= 15 is 0 Å². The highest BCUT2D eigenvalue weighted by molar-refractivity contribution is 7.13. The monoisotopic (exact) mass is 347 g/mol. The maximum Gasteiger partial charge on any atom is 0.190 e. The summed E-state index contributed by atoms with van der Waals surface area (Å²) in [6, 6.07) is 1.99. The Kier molecular flexibility index (Phi) is 3.19. The fourth-order valence-corrected chi connectivity index (χ4v) is 4.91. The lowest BCUT2D eigenvalue weighted by Gasteiger charge is -2.20. The maximum absolute atomic E-state index is 6.15. The number of hydrogen-bond acceptors (Lipinski definition) is 5. The van der Waals surface area contributed by atoms with Gasteiger partial charge >= 0.3 is 0 Å². The van der Waals surface area contributed by atoms with Crippen molar-refractivity contribution >= 4 is 33.8 Å². The van der Waals surface area contributed by atoms with Crippen LogP contribution in [0.25, 0.3) is 0 Å². The van der Waals surface area contributed by atoms with Crippen molar-refractivity contribution in [1.82, 2.24) is 9.97 Å². The summed E-state index contributed by atoms with van der Waals surface area (Å²) in [7, 11) is 0. The number of ether oxygens (including phenoxy) is 1. The summed E-state index contributed by atoms with van der Waals surface area (Å²) in [5, 5.41) is 3.84. The van der Waals surface area contributed by atoms with Crippen molar-refractivity contribution in [3.8, 4) is 0 Å². The highest BCUT2D eigenvalue weighted by atomic mass is 35.5. The molecule has 2 aliphatic heterocycles. The molecule has 4 heterocycles. The van der Waals surface area contributed by atoms with Crippen molar-refractivity contribution in [3.63, 3.8) is 0 Å². The van der Waals surface area contributed by atoms with Crippen LogP contribution < -0.4 is 4.90 Å². The number of anilines is 2. The van der Waals surface area contributed by atoms with Crippen molar-refractivity contribution in [3.05, 3.63) is 34.1 Å². The van der Waals surface area contributed by atoms with Crippen molar-refractivity contribution < 1.29 is 4.74 Å². The van der Waals surface area contributed by atoms with Crippen molar-refractivity contribution in [2.24, 2.45) is 0 Å². The summed E-state index contributed by atoms with van der Waals surface area (Å²) in [5.74, 6) is 0.451. The van der Waals surface area contributed by atoms with Gasteiger partial charge in [0, 0.05) is 41.6 Å². The molecule has 0 bridgehead atoms. The number of hydrogen-bond donors (Lipinski definition) is 0. The molecule has 2 fully saturated rings. The van der Waals surface area contributed by atoms with Gasteiger partial charge in [0.1, 0.15) is 5.15 Å². The molecule has 0 radical (unpaired) electrons. The number of aromatic nitrogens is 2. The number of fused-ring (bicyclic) bond motifs is 2. The Bertz CT molecular complexity index is 752. The largest absolute Gasteiger partial charge is 0.381 e. The molecule has 1 spiro atoms. The van der Waals surface area contributed by atoms with E-state index in [4.69, 9.17) is 21.3 Å². The first-order valence-corrected chi connectivity index (χ1v) is 9.48. The lowest BCUT2D eigenvalue weighted by Crippen LogP contribution is -2.19. The van der Waals surface area contributed by atoms with Crippen LogP contribution in [0.1, 0.15) is 42.9 Å². The second-order valence-electron chi connectivity index (χ2n) is 6.86. The molecule has 1 aliphatic carbocycles. The van der Waals surface area contributed by atoms with E-state index in [9.17, 15) is 0 Å². The second-order valence-corrected chi connectivity index (χ2v) is 8.08. The van der Waals surface area contributed by atoms with E-state index in [0.717, 1.165) is 31.3 Å². The van der Waals surface area contributed by atoms with Gasteiger partial charge in [0.2, 0.25) is 0 Å². The molecule has 6 heteroatoms. The SMILES string of the molecule is Clc1cc2c(cn1)C1(CC1)CN2c1nc(C2CCCOC2)cs1. The zero-order chi connectivity index (χ0) is 15.4. The topological polar surface area (TPSA) is 38.2 Å². The Morgan fingerprint density at radius 2 is 2.30 bits per heavy atom. The van der Waals surface area contributed by atoms with Crippen molar-refractivity contribution in [2.75, 3.05) is 24.7 Å². The van der Waals surface area contributed by atoms with E-state index in [1.807, 2.05) is 12.3 Å². The van der Waals surface area contributed by atoms with Crippen LogP contribution in [0, 0.1) is 0 Å². The molecule has 23 heavy (non-hydrogen) atoms. The number of thiazole rings is 1. The van der Waals surface area contributed by atoms with Crippen molar-refractivity contribution in [2.45, 2.75) is 37.0 Å². The second kappa shape index (κ2) is 5.16. The van der Waals surface area contributed by atoms with Crippen LogP contribution in [0.3, 0.4) is 0 Å². The van der Waals surface area contributed by atoms with Crippen LogP contribution in [-0.4, -0.2) is 29.7 Å². The predicted octanol–water partition coefficient (Wildman–Crippen LogP) is 4.27. The molecule has 3 aliphatic rings. The minimum absolute atomic E-state index is 0.298. The fourth-order valence-electron chi connectivity index (χ4n) is 3.84. The van der Waals surface area contributed by atoms with E-state index in [0.29, 0.717) is 16.5 Å². The summed E-state index contributed by atoms with van der Waals surface area (Å²) in [4.78, 5) is 11.6. The molecule has 0 aromatic carbocycles. The van der Waals surface area contributed by atoms with Gasteiger partial charge < -0.3 is 9.64 Å². The fraction of sp³-hybridized carbons (Fsp3) is 0.529. The molecule has 1 saturated heterocycles. The first kappa shape index (κ1) is 14.2. The third kappa shape index (κ3) is 2.29. The molecule has 120 valence electrons. The van der Waals surface area contributed by atoms with Gasteiger partial charge in [0.25, 0.3) is 0 Å². The zero-order valence-corrected chi connectivity index (χ0v) is 14.4. The van der Waals surface area contributed by atoms with Gasteiger partial charge in [-0.15, -0.1) is 11.3 Å². The number of rotatable bonds is 2. The standard InChI is InChI=1S/C17H18ClN3OS/c18-15-6-14-12(7-19-15)17(3-4-17)10-21(14)16-20-13(9-23-16)11-2-1-5-22-8-11/h6-7,9,11H,1-5,8,10H2. The third-order valence-electron chi connectivity index (χ3n) is 5.34. The molecule has 2 aromatic heterocycles. The Morgan fingerprint density at radius 1 is 1.39 bits per heavy atom. The molecule has 2 aromatic rings. The Hall–Kier alpha value is -1.17. The van der Waals surface area contributed by atoms with Gasteiger partial charge in [-0.05, 0) is 31.7 Å². The zero-order valence-electron chi connectivity index (χ0n) is 12.8.